The summed E-state index contributed by atoms with van der Waals surface area (Å²) in [6, 6.07) is 5.09. The highest BCUT2D eigenvalue weighted by Crippen LogP contribution is 2.49. The molecule has 0 amide bonds. The lowest BCUT2D eigenvalue weighted by Gasteiger charge is -2.45. The lowest BCUT2D eigenvalue weighted by molar-refractivity contribution is 0.0260. The first-order chi connectivity index (χ1) is 27.5. The van der Waals surface area contributed by atoms with Crippen molar-refractivity contribution >= 4 is 0 Å². The molecular weight excluding hydrogens is 697 g/mol. The molecule has 8 unspecified atom stereocenters. The van der Waals surface area contributed by atoms with Gasteiger partial charge < -0.3 is 40.2 Å². The van der Waals surface area contributed by atoms with Crippen molar-refractivity contribution in [2.75, 3.05) is 28.4 Å². The monoisotopic (exact) mass is 781 g/mol. The van der Waals surface area contributed by atoms with Crippen LogP contribution in [0.1, 0.15) is 154 Å². The van der Waals surface area contributed by atoms with Gasteiger partial charge in [-0.3, -0.25) is 0 Å². The summed E-state index contributed by atoms with van der Waals surface area (Å²) in [6.45, 7) is 0. The van der Waals surface area contributed by atoms with Gasteiger partial charge in [-0.25, -0.2) is 0 Å². The van der Waals surface area contributed by atoms with Crippen LogP contribution in [0.2, 0.25) is 0 Å². The fourth-order valence-electron chi connectivity index (χ4n) is 16.2. The van der Waals surface area contributed by atoms with Gasteiger partial charge in [0.05, 0.1) is 24.4 Å². The molecule has 0 aromatic carbocycles. The van der Waals surface area contributed by atoms with Crippen LogP contribution in [-0.2, 0) is 18.9 Å². The van der Waals surface area contributed by atoms with Crippen LogP contribution in [0.15, 0.2) is 0 Å². The summed E-state index contributed by atoms with van der Waals surface area (Å²) in [5.41, 5.74) is 0. The van der Waals surface area contributed by atoms with Gasteiger partial charge in [0.1, 0.15) is 0 Å². The lowest BCUT2D eigenvalue weighted by Crippen LogP contribution is -2.57. The second-order valence-electron chi connectivity index (χ2n) is 21.2. The predicted octanol–water partition coefficient (Wildman–Crippen LogP) is 7.77. The summed E-state index contributed by atoms with van der Waals surface area (Å²) in [6.07, 6.45) is 33.5. The zero-order valence-electron chi connectivity index (χ0n) is 36.2. The van der Waals surface area contributed by atoms with E-state index < -0.39 is 0 Å². The van der Waals surface area contributed by atoms with E-state index in [2.05, 4.69) is 21.3 Å². The Balaban J connectivity index is 1.04. The zero-order valence-corrected chi connectivity index (χ0v) is 36.2. The van der Waals surface area contributed by atoms with Gasteiger partial charge in [-0.15, -0.1) is 0 Å². The van der Waals surface area contributed by atoms with Crippen LogP contribution in [0.4, 0.5) is 0 Å². The maximum Gasteiger partial charge on any atom is 0.0571 e. The van der Waals surface area contributed by atoms with Crippen LogP contribution < -0.4 is 21.3 Å². The number of hydrogen-bond acceptors (Lipinski definition) is 8. The average molecular weight is 781 g/mol. The fraction of sp³-hybridized carbons (Fsp3) is 1.00. The van der Waals surface area contributed by atoms with Crippen molar-refractivity contribution in [1.82, 2.24) is 21.3 Å². The first-order valence-corrected chi connectivity index (χ1v) is 24.7. The van der Waals surface area contributed by atoms with E-state index in [9.17, 15) is 0 Å². The summed E-state index contributed by atoms with van der Waals surface area (Å²) in [5, 5.41) is 18.4. The maximum absolute atomic E-state index is 5.95. The van der Waals surface area contributed by atoms with Gasteiger partial charge in [-0.05, 0) is 201 Å². The summed E-state index contributed by atoms with van der Waals surface area (Å²) >= 11 is 0. The third-order valence-electron chi connectivity index (χ3n) is 19.0. The molecule has 4 N–H and O–H groups in total. The molecule has 8 atom stereocenters. The highest BCUT2D eigenvalue weighted by Gasteiger charge is 2.53. The van der Waals surface area contributed by atoms with E-state index in [4.69, 9.17) is 18.9 Å². The van der Waals surface area contributed by atoms with Crippen molar-refractivity contribution in [3.8, 4) is 0 Å². The van der Waals surface area contributed by atoms with E-state index in [0.29, 0.717) is 72.8 Å². The van der Waals surface area contributed by atoms with Crippen LogP contribution in [0.25, 0.3) is 0 Å². The minimum Gasteiger partial charge on any atom is -0.381 e. The molecule has 4 aliphatic carbocycles. The Labute approximate surface area is 341 Å². The molecule has 56 heavy (non-hydrogen) atoms. The van der Waals surface area contributed by atoms with E-state index in [-0.39, 0.29) is 0 Å². The molecule has 0 radical (unpaired) electrons. The Morgan fingerprint density at radius 3 is 0.536 bits per heavy atom. The first kappa shape index (κ1) is 41.1. The van der Waals surface area contributed by atoms with Crippen molar-refractivity contribution in [1.29, 1.82) is 0 Å². The molecule has 9 aliphatic rings. The molecule has 8 bridgehead atoms. The highest BCUT2D eigenvalue weighted by atomic mass is 16.5. The van der Waals surface area contributed by atoms with E-state index in [1.807, 2.05) is 28.4 Å². The summed E-state index contributed by atoms with van der Waals surface area (Å²) in [7, 11) is 7.78. The fourth-order valence-corrected chi connectivity index (χ4v) is 16.2. The largest absolute Gasteiger partial charge is 0.381 e. The second-order valence-corrected chi connectivity index (χ2v) is 21.2. The standard InChI is InChI=1S/C48H84N4O4/c1-53-33-13-5-29(6-14-33)45-37-21-23-39(49-37)46(30-7-15-34(54-2)16-8-30)41-25-27-43(51-41)48(32-11-19-36(56-4)20-12-32)44-28-26-42(52-44)47(40-24-22-38(45)50-40)31-9-17-35(55-3)18-10-31/h29-52H,5-28H2,1-4H3. The topological polar surface area (TPSA) is 85.0 Å². The van der Waals surface area contributed by atoms with Crippen LogP contribution >= 0.6 is 0 Å². The quantitative estimate of drug-likeness (QED) is 0.199. The number of hydrogen-bond donors (Lipinski definition) is 4. The Kier molecular flexibility index (Phi) is 13.7. The molecule has 9 rings (SSSR count). The van der Waals surface area contributed by atoms with Crippen molar-refractivity contribution in [3.63, 3.8) is 0 Å². The van der Waals surface area contributed by atoms with Crippen LogP contribution in [0, 0.1) is 47.3 Å². The molecule has 8 nitrogen and oxygen atoms in total. The van der Waals surface area contributed by atoms with Crippen LogP contribution in [0.5, 0.6) is 0 Å². The van der Waals surface area contributed by atoms with Gasteiger partial charge >= 0.3 is 0 Å². The molecule has 0 aromatic heterocycles. The molecule has 0 aromatic rings. The normalized spacial score (nSPS) is 51.6. The molecule has 8 heteroatoms. The molecule has 0 spiro atoms. The Hall–Kier alpha value is -0.320. The number of nitrogens with one attached hydrogen (secondary N) is 4. The van der Waals surface area contributed by atoms with Crippen LogP contribution in [0.3, 0.4) is 0 Å². The molecule has 9 fully saturated rings. The van der Waals surface area contributed by atoms with Crippen molar-refractivity contribution in [2.45, 2.75) is 227 Å². The predicted molar refractivity (Wildman–Crippen MR) is 225 cm³/mol. The SMILES string of the molecule is COC1CCC(C2C3CCC(N3)C(C3CCC(OC)CC3)C3CCC(N3)C(C3CCC(OC)CC3)C3CCC(N3)C(C3CCC(OC)CC3)C3CCC2N3)CC1. The van der Waals surface area contributed by atoms with Gasteiger partial charge in [-0.2, -0.15) is 0 Å². The van der Waals surface area contributed by atoms with E-state index in [1.165, 1.54) is 154 Å². The molecule has 5 aliphatic heterocycles. The van der Waals surface area contributed by atoms with Crippen molar-refractivity contribution in [2.24, 2.45) is 47.3 Å². The van der Waals surface area contributed by atoms with Crippen molar-refractivity contribution < 1.29 is 18.9 Å². The Bertz CT molecular complexity index is 985. The minimum absolute atomic E-state index is 0.464. The maximum atomic E-state index is 5.95. The summed E-state index contributed by atoms with van der Waals surface area (Å²) in [4.78, 5) is 0. The van der Waals surface area contributed by atoms with Gasteiger partial charge in [0, 0.05) is 76.8 Å². The number of methoxy groups -OCH3 is 4. The third-order valence-corrected chi connectivity index (χ3v) is 19.0. The van der Waals surface area contributed by atoms with Gasteiger partial charge in [-0.1, -0.05) is 0 Å². The van der Waals surface area contributed by atoms with E-state index >= 15 is 0 Å². The van der Waals surface area contributed by atoms with Crippen molar-refractivity contribution in [3.05, 3.63) is 0 Å². The highest BCUT2D eigenvalue weighted by molar-refractivity contribution is 5.10. The van der Waals surface area contributed by atoms with Crippen LogP contribution in [-0.4, -0.2) is 101 Å². The second kappa shape index (κ2) is 18.7. The summed E-state index contributed by atoms with van der Waals surface area (Å²) in [5.74, 6) is 6.12. The molecule has 4 saturated carbocycles. The molecular formula is C48H84N4O4. The number of ether oxygens (including phenoxy) is 4. The molecule has 320 valence electrons. The van der Waals surface area contributed by atoms with Gasteiger partial charge in [0.15, 0.2) is 0 Å². The third kappa shape index (κ3) is 8.59. The van der Waals surface area contributed by atoms with E-state index in [1.54, 1.807) is 0 Å². The van der Waals surface area contributed by atoms with Gasteiger partial charge in [0.2, 0.25) is 0 Å². The zero-order chi connectivity index (χ0) is 38.2. The lowest BCUT2D eigenvalue weighted by atomic mass is 9.72. The Morgan fingerprint density at radius 2 is 0.393 bits per heavy atom. The first-order valence-electron chi connectivity index (χ1n) is 24.7. The Morgan fingerprint density at radius 1 is 0.232 bits per heavy atom. The minimum atomic E-state index is 0.464. The molecule has 5 saturated heterocycles. The van der Waals surface area contributed by atoms with Gasteiger partial charge in [0.25, 0.3) is 0 Å². The smallest absolute Gasteiger partial charge is 0.0571 e. The van der Waals surface area contributed by atoms with E-state index in [0.717, 1.165) is 47.3 Å². The molecule has 5 heterocycles. The average Bonchev–Trinajstić information content (AvgIpc) is 4.10. The summed E-state index contributed by atoms with van der Waals surface area (Å²) < 4.78 is 23.8. The number of fused-ring (bicyclic) bond motifs is 8. The number of rotatable bonds is 8.